The molecule has 160 valence electrons. The molecule has 2 aliphatic rings. The lowest BCUT2D eigenvalue weighted by atomic mass is 9.81. The van der Waals surface area contributed by atoms with Gasteiger partial charge in [0.05, 0.1) is 20.9 Å². The van der Waals surface area contributed by atoms with Gasteiger partial charge in [-0.1, -0.05) is 6.07 Å². The van der Waals surface area contributed by atoms with Crippen LogP contribution in [0.1, 0.15) is 43.1 Å². The summed E-state index contributed by atoms with van der Waals surface area (Å²) in [6.07, 6.45) is 6.42. The van der Waals surface area contributed by atoms with Crippen molar-refractivity contribution in [1.82, 2.24) is 9.88 Å². The van der Waals surface area contributed by atoms with Gasteiger partial charge in [0.15, 0.2) is 0 Å². The van der Waals surface area contributed by atoms with Gasteiger partial charge in [-0.25, -0.2) is 9.19 Å². The number of likely N-dealkylation sites (tertiary alicyclic amines) is 1. The maximum absolute atomic E-state index is 13.1. The summed E-state index contributed by atoms with van der Waals surface area (Å²) in [4.78, 5) is 31.2. The second kappa shape index (κ2) is 9.57. The monoisotopic (exact) mass is 439 g/mol. The Bertz CT molecular complexity index is 868. The van der Waals surface area contributed by atoms with Crippen LogP contribution in [0.15, 0.2) is 27.6 Å². The van der Waals surface area contributed by atoms with E-state index in [0.717, 1.165) is 17.9 Å². The highest BCUT2D eigenvalue weighted by Crippen LogP contribution is 2.33. The molecule has 2 heterocycles. The highest BCUT2D eigenvalue weighted by Gasteiger charge is 2.39. The van der Waals surface area contributed by atoms with Crippen LogP contribution >= 0.6 is 11.8 Å². The summed E-state index contributed by atoms with van der Waals surface area (Å²) >= 11 is 1.44. The zero-order chi connectivity index (χ0) is 21.0. The van der Waals surface area contributed by atoms with Crippen molar-refractivity contribution in [3.05, 3.63) is 23.9 Å². The third-order valence-electron chi connectivity index (χ3n) is 5.63. The summed E-state index contributed by atoms with van der Waals surface area (Å²) in [5, 5.41) is 0.528. The Hall–Kier alpha value is -1.45. The van der Waals surface area contributed by atoms with Gasteiger partial charge in [0.25, 0.3) is 0 Å². The normalized spacial score (nSPS) is 24.4. The van der Waals surface area contributed by atoms with Crippen molar-refractivity contribution in [1.29, 1.82) is 0 Å². The van der Waals surface area contributed by atoms with E-state index in [1.165, 1.54) is 11.8 Å². The van der Waals surface area contributed by atoms with E-state index in [0.29, 0.717) is 32.5 Å². The van der Waals surface area contributed by atoms with Gasteiger partial charge in [-0.15, -0.1) is 11.8 Å². The third-order valence-corrected chi connectivity index (χ3v) is 8.52. The van der Waals surface area contributed by atoms with Gasteiger partial charge >= 0.3 is 5.91 Å². The Morgan fingerprint density at radius 2 is 2.00 bits per heavy atom. The lowest BCUT2D eigenvalue weighted by molar-refractivity contribution is -0.145. The number of ether oxygens (including phenoxy) is 1. The molecule has 1 aromatic rings. The number of aromatic nitrogens is 1. The van der Waals surface area contributed by atoms with Crippen molar-refractivity contribution >= 4 is 33.3 Å². The molecule has 0 radical (unpaired) electrons. The third kappa shape index (κ3) is 5.38. The molecule has 29 heavy (non-hydrogen) atoms. The molecule has 2 amide bonds. The van der Waals surface area contributed by atoms with Gasteiger partial charge in [-0.05, 0) is 51.0 Å². The molecule has 0 aromatic carbocycles. The first-order valence-corrected chi connectivity index (χ1v) is 13.2. The van der Waals surface area contributed by atoms with E-state index in [1.54, 1.807) is 18.4 Å². The lowest BCUT2D eigenvalue weighted by Gasteiger charge is -2.39. The number of pyridine rings is 1. The van der Waals surface area contributed by atoms with Crippen LogP contribution in [0.25, 0.3) is 0 Å². The molecule has 1 aliphatic heterocycles. The summed E-state index contributed by atoms with van der Waals surface area (Å²) in [6, 6.07) is 5.16. The number of hydrogen-bond donors (Lipinski definition) is 0. The molecule has 1 aliphatic carbocycles. The van der Waals surface area contributed by atoms with Crippen LogP contribution in [0.3, 0.4) is 0 Å². The maximum atomic E-state index is 13.1. The van der Waals surface area contributed by atoms with E-state index < -0.39 is 15.6 Å². The van der Waals surface area contributed by atoms with E-state index in [1.807, 2.05) is 24.1 Å². The molecular weight excluding hydrogens is 410 g/mol. The SMILES string of the molecule is CCOC1CC(C(=O)N2CCC(S(C)(=O)=NC(=O)c3cccc(SC)n3)CC2)C1. The second-order valence-electron chi connectivity index (χ2n) is 7.59. The number of piperidine rings is 1. The number of rotatable bonds is 6. The van der Waals surface area contributed by atoms with E-state index in [4.69, 9.17) is 4.74 Å². The summed E-state index contributed by atoms with van der Waals surface area (Å²) in [5.74, 6) is -0.313. The molecule has 7 nitrogen and oxygen atoms in total. The lowest BCUT2D eigenvalue weighted by Crippen LogP contribution is -2.48. The molecule has 9 heteroatoms. The number of amides is 2. The van der Waals surface area contributed by atoms with Crippen molar-refractivity contribution in [2.75, 3.05) is 32.2 Å². The van der Waals surface area contributed by atoms with Gasteiger partial charge in [-0.3, -0.25) is 9.59 Å². The van der Waals surface area contributed by atoms with Crippen molar-refractivity contribution in [3.8, 4) is 0 Å². The minimum Gasteiger partial charge on any atom is -0.378 e. The fourth-order valence-electron chi connectivity index (χ4n) is 3.84. The minimum atomic E-state index is -2.71. The van der Waals surface area contributed by atoms with Gasteiger partial charge in [0.1, 0.15) is 5.69 Å². The van der Waals surface area contributed by atoms with Crippen molar-refractivity contribution in [2.45, 2.75) is 49.0 Å². The number of hydrogen-bond acceptors (Lipinski definition) is 6. The Morgan fingerprint density at radius 3 is 2.62 bits per heavy atom. The predicted molar refractivity (Wildman–Crippen MR) is 115 cm³/mol. The maximum Gasteiger partial charge on any atom is 0.303 e. The zero-order valence-electron chi connectivity index (χ0n) is 17.2. The molecule has 1 saturated heterocycles. The largest absolute Gasteiger partial charge is 0.378 e. The summed E-state index contributed by atoms with van der Waals surface area (Å²) < 4.78 is 22.7. The Labute approximate surface area is 177 Å². The van der Waals surface area contributed by atoms with Crippen molar-refractivity contribution in [3.63, 3.8) is 0 Å². The molecule has 1 saturated carbocycles. The van der Waals surface area contributed by atoms with E-state index in [2.05, 4.69) is 9.35 Å². The van der Waals surface area contributed by atoms with Crippen molar-refractivity contribution < 1.29 is 18.5 Å². The zero-order valence-corrected chi connectivity index (χ0v) is 18.8. The first kappa shape index (κ1) is 22.2. The summed E-state index contributed by atoms with van der Waals surface area (Å²) in [5.41, 5.74) is 0.216. The number of carbonyl (C=O) groups is 2. The number of nitrogens with zero attached hydrogens (tertiary/aromatic N) is 3. The first-order chi connectivity index (χ1) is 13.8. The quantitative estimate of drug-likeness (QED) is 0.633. The van der Waals surface area contributed by atoms with Crippen LogP contribution in [-0.4, -0.2) is 69.5 Å². The average Bonchev–Trinajstić information content (AvgIpc) is 2.69. The smallest absolute Gasteiger partial charge is 0.303 e. The van der Waals surface area contributed by atoms with Gasteiger partial charge in [0.2, 0.25) is 5.91 Å². The van der Waals surface area contributed by atoms with Crippen LogP contribution < -0.4 is 0 Å². The van der Waals surface area contributed by atoms with Gasteiger partial charge in [0, 0.05) is 37.1 Å². The Morgan fingerprint density at radius 1 is 1.31 bits per heavy atom. The number of thioether (sulfide) groups is 1. The Balaban J connectivity index is 1.57. The van der Waals surface area contributed by atoms with E-state index in [9.17, 15) is 13.8 Å². The molecule has 0 bridgehead atoms. The molecule has 1 atom stereocenters. The molecule has 1 unspecified atom stereocenters. The number of carbonyl (C=O) groups excluding carboxylic acids is 2. The molecule has 1 aromatic heterocycles. The fourth-order valence-corrected chi connectivity index (χ4v) is 5.91. The summed E-state index contributed by atoms with van der Waals surface area (Å²) in [7, 11) is -2.71. The Kier molecular flexibility index (Phi) is 7.34. The molecule has 0 N–H and O–H groups in total. The summed E-state index contributed by atoms with van der Waals surface area (Å²) in [6.45, 7) is 3.77. The minimum absolute atomic E-state index is 0.0510. The first-order valence-electron chi connectivity index (χ1n) is 10.0. The molecular formula is C20H29N3O4S2. The standard InChI is InChI=1S/C20H29N3O4S2/c1-4-27-15-12-14(13-15)20(25)23-10-8-16(9-11-23)29(3,26)22-19(24)17-6-5-7-18(21-17)28-2/h5-7,14-16H,4,8-13H2,1-3H3. The van der Waals surface area contributed by atoms with Crippen molar-refractivity contribution in [2.24, 2.45) is 10.3 Å². The van der Waals surface area contributed by atoms with Crippen LogP contribution in [0.4, 0.5) is 0 Å². The highest BCUT2D eigenvalue weighted by molar-refractivity contribution is 7.98. The van der Waals surface area contributed by atoms with Crippen LogP contribution in [0, 0.1) is 5.92 Å². The molecule has 0 spiro atoms. The second-order valence-corrected chi connectivity index (χ2v) is 11.0. The molecule has 3 rings (SSSR count). The average molecular weight is 440 g/mol. The fraction of sp³-hybridized carbons (Fsp3) is 0.650. The van der Waals surface area contributed by atoms with Gasteiger partial charge < -0.3 is 9.64 Å². The predicted octanol–water partition coefficient (Wildman–Crippen LogP) is 2.85. The van der Waals surface area contributed by atoms with Crippen LogP contribution in [-0.2, 0) is 19.3 Å². The highest BCUT2D eigenvalue weighted by atomic mass is 32.2. The van der Waals surface area contributed by atoms with Crippen LogP contribution in [0.2, 0.25) is 0 Å². The van der Waals surface area contributed by atoms with E-state index >= 15 is 0 Å². The molecule has 2 fully saturated rings. The topological polar surface area (TPSA) is 88.9 Å². The van der Waals surface area contributed by atoms with Crippen LogP contribution in [0.5, 0.6) is 0 Å². The van der Waals surface area contributed by atoms with E-state index in [-0.39, 0.29) is 28.9 Å². The van der Waals surface area contributed by atoms with Gasteiger partial charge in [-0.2, -0.15) is 4.36 Å².